The highest BCUT2D eigenvalue weighted by Gasteiger charge is 2.19. The molecule has 0 N–H and O–H groups in total. The summed E-state index contributed by atoms with van der Waals surface area (Å²) in [6.45, 7) is 6.48. The van der Waals surface area contributed by atoms with Gasteiger partial charge in [-0.15, -0.1) is 0 Å². The molecule has 0 bridgehead atoms. The third-order valence-electron chi connectivity index (χ3n) is 10.9. The molecule has 6 nitrogen and oxygen atoms in total. The molecule has 0 aliphatic heterocycles. The van der Waals surface area contributed by atoms with Gasteiger partial charge in [-0.05, 0) is 70.6 Å². The molecule has 0 heterocycles. The summed E-state index contributed by atoms with van der Waals surface area (Å²) in [6, 6.07) is 0. The molecule has 0 aromatic carbocycles. The van der Waals surface area contributed by atoms with Gasteiger partial charge in [0, 0.05) is 19.3 Å². The van der Waals surface area contributed by atoms with Crippen LogP contribution in [0.5, 0.6) is 0 Å². The molecule has 0 saturated carbocycles. The molecule has 0 rings (SSSR count). The van der Waals surface area contributed by atoms with Gasteiger partial charge in [0.25, 0.3) is 0 Å². The highest BCUT2D eigenvalue weighted by atomic mass is 16.6. The molecular formula is C52H94O6. The summed E-state index contributed by atoms with van der Waals surface area (Å²) in [5.41, 5.74) is 0. The largest absolute Gasteiger partial charge is 0.462 e. The maximum Gasteiger partial charge on any atom is 0.306 e. The molecule has 0 saturated heterocycles. The lowest BCUT2D eigenvalue weighted by molar-refractivity contribution is -0.167. The minimum atomic E-state index is -0.787. The Morgan fingerprint density at radius 2 is 0.672 bits per heavy atom. The van der Waals surface area contributed by atoms with Crippen molar-refractivity contribution in [1.29, 1.82) is 0 Å². The molecule has 0 aliphatic rings. The third-order valence-corrected chi connectivity index (χ3v) is 10.9. The topological polar surface area (TPSA) is 78.9 Å². The average Bonchev–Trinajstić information content (AvgIpc) is 3.22. The Labute approximate surface area is 359 Å². The first-order valence-corrected chi connectivity index (χ1v) is 25.0. The summed E-state index contributed by atoms with van der Waals surface area (Å²) in [6.07, 6.45) is 54.3. The van der Waals surface area contributed by atoms with Crippen LogP contribution in [0.25, 0.3) is 0 Å². The number of rotatable bonds is 45. The van der Waals surface area contributed by atoms with Crippen LogP contribution in [0, 0.1) is 0 Å². The van der Waals surface area contributed by atoms with E-state index < -0.39 is 6.10 Å². The van der Waals surface area contributed by atoms with E-state index in [1.807, 2.05) is 0 Å². The zero-order valence-electron chi connectivity index (χ0n) is 38.6. The molecule has 0 aromatic heterocycles. The molecule has 0 spiro atoms. The zero-order chi connectivity index (χ0) is 42.3. The first-order chi connectivity index (χ1) is 28.5. The number of hydrogen-bond acceptors (Lipinski definition) is 6. The fourth-order valence-electron chi connectivity index (χ4n) is 7.12. The Kier molecular flexibility index (Phi) is 45.4. The second-order valence-corrected chi connectivity index (χ2v) is 16.7. The monoisotopic (exact) mass is 815 g/mol. The van der Waals surface area contributed by atoms with Crippen molar-refractivity contribution >= 4 is 17.9 Å². The predicted octanol–water partition coefficient (Wildman–Crippen LogP) is 16.1. The molecule has 1 unspecified atom stereocenters. The van der Waals surface area contributed by atoms with Gasteiger partial charge in [0.1, 0.15) is 13.2 Å². The van der Waals surface area contributed by atoms with Crippen LogP contribution >= 0.6 is 0 Å². The zero-order valence-corrected chi connectivity index (χ0v) is 38.6. The molecule has 1 atom stereocenters. The van der Waals surface area contributed by atoms with Gasteiger partial charge in [0.15, 0.2) is 6.10 Å². The van der Waals surface area contributed by atoms with E-state index >= 15 is 0 Å². The van der Waals surface area contributed by atoms with Crippen LogP contribution in [0.3, 0.4) is 0 Å². The Bertz CT molecular complexity index is 984. The molecule has 0 radical (unpaired) electrons. The summed E-state index contributed by atoms with van der Waals surface area (Å²) < 4.78 is 16.7. The smallest absolute Gasteiger partial charge is 0.306 e. The SMILES string of the molecule is CC/C=C\C/C=C\CCCCC(=O)OCC(COC(=O)CCCCCCCCCCCCCCCCCCC)OC(=O)CCCCC/C=C\CCCCCCCCC. The summed E-state index contributed by atoms with van der Waals surface area (Å²) in [5, 5.41) is 0. The first-order valence-electron chi connectivity index (χ1n) is 25.0. The van der Waals surface area contributed by atoms with E-state index in [2.05, 4.69) is 57.2 Å². The van der Waals surface area contributed by atoms with Crippen molar-refractivity contribution in [2.75, 3.05) is 13.2 Å². The van der Waals surface area contributed by atoms with Crippen molar-refractivity contribution in [2.24, 2.45) is 0 Å². The van der Waals surface area contributed by atoms with Gasteiger partial charge in [-0.3, -0.25) is 14.4 Å². The second-order valence-electron chi connectivity index (χ2n) is 16.7. The van der Waals surface area contributed by atoms with Crippen molar-refractivity contribution < 1.29 is 28.6 Å². The van der Waals surface area contributed by atoms with Crippen molar-refractivity contribution in [3.05, 3.63) is 36.5 Å². The van der Waals surface area contributed by atoms with Crippen LogP contribution in [-0.4, -0.2) is 37.2 Å². The molecule has 0 amide bonds. The van der Waals surface area contributed by atoms with E-state index in [1.54, 1.807) is 0 Å². The Hall–Kier alpha value is -2.37. The third kappa shape index (κ3) is 44.7. The molecule has 6 heteroatoms. The average molecular weight is 815 g/mol. The van der Waals surface area contributed by atoms with Gasteiger partial charge in [-0.25, -0.2) is 0 Å². The van der Waals surface area contributed by atoms with Crippen molar-refractivity contribution in [3.63, 3.8) is 0 Å². The highest BCUT2D eigenvalue weighted by Crippen LogP contribution is 2.15. The standard InChI is InChI=1S/C52H94O6/c1-4-7-10-13-16-19-21-23-25-26-27-29-30-33-36-39-42-45-51(54)57-48-49(47-56-50(53)44-41-38-35-32-18-15-12-9-6-3)58-52(55)46-43-40-37-34-31-28-24-22-20-17-14-11-8-5-2/h9,12,18,28,31-32,49H,4-8,10-11,13-17,19-27,29-30,33-48H2,1-3H3/b12-9-,31-28-,32-18-. The Morgan fingerprint density at radius 3 is 1.10 bits per heavy atom. The van der Waals surface area contributed by atoms with E-state index in [0.29, 0.717) is 19.3 Å². The lowest BCUT2D eigenvalue weighted by Gasteiger charge is -2.18. The summed E-state index contributed by atoms with van der Waals surface area (Å²) >= 11 is 0. The summed E-state index contributed by atoms with van der Waals surface area (Å²) in [7, 11) is 0. The van der Waals surface area contributed by atoms with Gasteiger partial charge in [0.2, 0.25) is 0 Å². The second kappa shape index (κ2) is 47.3. The van der Waals surface area contributed by atoms with Crippen LogP contribution in [0.1, 0.15) is 258 Å². The van der Waals surface area contributed by atoms with Gasteiger partial charge < -0.3 is 14.2 Å². The molecular weight excluding hydrogens is 721 g/mol. The van der Waals surface area contributed by atoms with Crippen molar-refractivity contribution in [2.45, 2.75) is 264 Å². The normalized spacial score (nSPS) is 12.3. The first kappa shape index (κ1) is 55.6. The minimum absolute atomic E-state index is 0.0857. The molecule has 58 heavy (non-hydrogen) atoms. The molecule has 0 aliphatic carbocycles. The van der Waals surface area contributed by atoms with Crippen LogP contribution < -0.4 is 0 Å². The Morgan fingerprint density at radius 1 is 0.362 bits per heavy atom. The van der Waals surface area contributed by atoms with E-state index in [0.717, 1.165) is 83.5 Å². The fourth-order valence-corrected chi connectivity index (χ4v) is 7.12. The molecule has 0 fully saturated rings. The molecule has 0 aromatic rings. The quantitative estimate of drug-likeness (QED) is 0.0264. The van der Waals surface area contributed by atoms with E-state index in [-0.39, 0.29) is 31.1 Å². The van der Waals surface area contributed by atoms with Crippen LogP contribution in [0.4, 0.5) is 0 Å². The van der Waals surface area contributed by atoms with Gasteiger partial charge in [-0.2, -0.15) is 0 Å². The maximum absolute atomic E-state index is 12.7. The lowest BCUT2D eigenvalue weighted by Crippen LogP contribution is -2.30. The van der Waals surface area contributed by atoms with E-state index in [9.17, 15) is 14.4 Å². The van der Waals surface area contributed by atoms with Gasteiger partial charge in [0.05, 0.1) is 0 Å². The number of esters is 3. The van der Waals surface area contributed by atoms with Crippen molar-refractivity contribution in [3.8, 4) is 0 Å². The van der Waals surface area contributed by atoms with Crippen LogP contribution in [0.15, 0.2) is 36.5 Å². The van der Waals surface area contributed by atoms with Gasteiger partial charge in [-0.1, -0.05) is 205 Å². The minimum Gasteiger partial charge on any atom is -0.462 e. The van der Waals surface area contributed by atoms with Crippen molar-refractivity contribution in [1.82, 2.24) is 0 Å². The number of ether oxygens (including phenoxy) is 3. The fraction of sp³-hybridized carbons (Fsp3) is 0.827. The Balaban J connectivity index is 4.32. The highest BCUT2D eigenvalue weighted by molar-refractivity contribution is 5.71. The number of carbonyl (C=O) groups excluding carboxylic acids is 3. The van der Waals surface area contributed by atoms with E-state index in [1.165, 1.54) is 135 Å². The summed E-state index contributed by atoms with van der Waals surface area (Å²) in [4.78, 5) is 37.8. The van der Waals surface area contributed by atoms with E-state index in [4.69, 9.17) is 14.2 Å². The maximum atomic E-state index is 12.7. The van der Waals surface area contributed by atoms with Crippen LogP contribution in [0.2, 0.25) is 0 Å². The summed E-state index contributed by atoms with van der Waals surface area (Å²) in [5.74, 6) is -0.933. The number of carbonyl (C=O) groups is 3. The number of unbranched alkanes of at least 4 members (excludes halogenated alkanes) is 28. The van der Waals surface area contributed by atoms with Gasteiger partial charge >= 0.3 is 17.9 Å². The predicted molar refractivity (Wildman–Crippen MR) is 247 cm³/mol. The number of hydrogen-bond donors (Lipinski definition) is 0. The van der Waals surface area contributed by atoms with Crippen LogP contribution in [-0.2, 0) is 28.6 Å². The number of allylic oxidation sites excluding steroid dienone is 6. The lowest BCUT2D eigenvalue weighted by atomic mass is 10.0. The molecule has 338 valence electrons.